The van der Waals surface area contributed by atoms with Crippen LogP contribution < -0.4 is 5.56 Å². The smallest absolute Gasteiger partial charge is 0.262 e. The maximum atomic E-state index is 12.5. The van der Waals surface area contributed by atoms with Crippen LogP contribution in [-0.2, 0) is 0 Å². The summed E-state index contributed by atoms with van der Waals surface area (Å²) < 4.78 is 7.47. The molecule has 5 aromatic rings. The minimum Gasteiger partial charge on any atom is -0.419 e. The number of benzene rings is 2. The second-order valence-electron chi connectivity index (χ2n) is 6.57. The Hall–Kier alpha value is -3.72. The topological polar surface area (TPSA) is 102 Å². The van der Waals surface area contributed by atoms with Gasteiger partial charge in [0, 0.05) is 5.56 Å². The molecule has 5 rings (SSSR count). The van der Waals surface area contributed by atoms with Crippen LogP contribution in [0.5, 0.6) is 0 Å². The molecular weight excluding hydrogens is 400 g/mol. The van der Waals surface area contributed by atoms with Gasteiger partial charge in [0.15, 0.2) is 10.8 Å². The van der Waals surface area contributed by atoms with Gasteiger partial charge in [-0.3, -0.25) is 4.79 Å². The lowest BCUT2D eigenvalue weighted by Gasteiger charge is -2.07. The molecule has 1 N–H and O–H groups in total. The predicted molar refractivity (Wildman–Crippen MR) is 113 cm³/mol. The minimum atomic E-state index is -0.243. The fraction of sp³-hybridized carbons (Fsp3) is 0.0952. The Morgan fingerprint density at radius 3 is 2.53 bits per heavy atom. The highest BCUT2D eigenvalue weighted by molar-refractivity contribution is 7.99. The van der Waals surface area contributed by atoms with Gasteiger partial charge in [-0.1, -0.05) is 48.2 Å². The van der Waals surface area contributed by atoms with Gasteiger partial charge in [0.2, 0.25) is 11.8 Å². The number of H-pyrrole nitrogens is 1. The number of aromatic nitrogens is 6. The highest BCUT2D eigenvalue weighted by atomic mass is 32.2. The monoisotopic (exact) mass is 416 g/mol. The van der Waals surface area contributed by atoms with Gasteiger partial charge in [0.05, 0.1) is 17.1 Å². The number of nitrogens with one attached hydrogen (secondary N) is 1. The molecule has 0 fully saturated rings. The standard InChI is InChI=1S/C21H16N6O2S/c1-13(19-25-26-20(29-19)14-8-4-2-5-9-14)30-21-23-17-16(18(28)24-21)12-22-27(17)15-10-6-3-7-11-15/h2-13H,1H3,(H,23,24,28)/t13-/m0/s1. The summed E-state index contributed by atoms with van der Waals surface area (Å²) in [7, 11) is 0. The molecule has 0 aliphatic heterocycles. The van der Waals surface area contributed by atoms with E-state index in [-0.39, 0.29) is 10.8 Å². The first kappa shape index (κ1) is 18.3. The largest absolute Gasteiger partial charge is 0.419 e. The molecule has 0 aliphatic carbocycles. The first-order valence-corrected chi connectivity index (χ1v) is 10.2. The zero-order valence-corrected chi connectivity index (χ0v) is 16.7. The molecule has 0 unspecified atom stereocenters. The van der Waals surface area contributed by atoms with Crippen molar-refractivity contribution in [3.63, 3.8) is 0 Å². The van der Waals surface area contributed by atoms with Crippen LogP contribution >= 0.6 is 11.8 Å². The first-order chi connectivity index (χ1) is 14.7. The van der Waals surface area contributed by atoms with Crippen LogP contribution in [0.15, 0.2) is 81.2 Å². The fourth-order valence-electron chi connectivity index (χ4n) is 3.03. The molecule has 0 bridgehead atoms. The van der Waals surface area contributed by atoms with Crippen molar-refractivity contribution in [2.75, 3.05) is 0 Å². The van der Waals surface area contributed by atoms with E-state index >= 15 is 0 Å². The van der Waals surface area contributed by atoms with Crippen LogP contribution in [0.4, 0.5) is 0 Å². The van der Waals surface area contributed by atoms with Crippen molar-refractivity contribution in [3.8, 4) is 17.1 Å². The van der Waals surface area contributed by atoms with Crippen LogP contribution in [0.1, 0.15) is 18.1 Å². The van der Waals surface area contributed by atoms with Crippen molar-refractivity contribution in [1.82, 2.24) is 29.9 Å². The van der Waals surface area contributed by atoms with Crippen molar-refractivity contribution in [3.05, 3.63) is 83.1 Å². The van der Waals surface area contributed by atoms with E-state index in [1.807, 2.05) is 67.6 Å². The van der Waals surface area contributed by atoms with Crippen molar-refractivity contribution in [1.29, 1.82) is 0 Å². The Morgan fingerprint density at radius 1 is 1.03 bits per heavy atom. The molecule has 148 valence electrons. The zero-order valence-electron chi connectivity index (χ0n) is 15.9. The lowest BCUT2D eigenvalue weighted by Crippen LogP contribution is -2.10. The lowest BCUT2D eigenvalue weighted by atomic mass is 10.2. The summed E-state index contributed by atoms with van der Waals surface area (Å²) in [6, 6.07) is 19.1. The molecule has 1 atom stereocenters. The number of hydrogen-bond donors (Lipinski definition) is 1. The SMILES string of the molecule is C[C@H](Sc1nc2c(cnn2-c2ccccc2)c(=O)[nH]1)c1nnc(-c2ccccc2)o1. The molecule has 0 radical (unpaired) electrons. The first-order valence-electron chi connectivity index (χ1n) is 9.28. The van der Waals surface area contributed by atoms with Gasteiger partial charge in [-0.15, -0.1) is 10.2 Å². The third-order valence-electron chi connectivity index (χ3n) is 4.51. The van der Waals surface area contributed by atoms with Gasteiger partial charge in [-0.2, -0.15) is 5.10 Å². The van der Waals surface area contributed by atoms with Gasteiger partial charge in [-0.05, 0) is 31.2 Å². The van der Waals surface area contributed by atoms with E-state index < -0.39 is 0 Å². The molecule has 2 aromatic carbocycles. The average Bonchev–Trinajstić information content (AvgIpc) is 3.43. The quantitative estimate of drug-likeness (QED) is 0.341. The van der Waals surface area contributed by atoms with Crippen molar-refractivity contribution in [2.24, 2.45) is 0 Å². The Balaban J connectivity index is 1.45. The van der Waals surface area contributed by atoms with E-state index in [9.17, 15) is 4.79 Å². The average molecular weight is 416 g/mol. The van der Waals surface area contributed by atoms with Crippen molar-refractivity contribution in [2.45, 2.75) is 17.3 Å². The van der Waals surface area contributed by atoms with E-state index in [1.54, 1.807) is 4.68 Å². The van der Waals surface area contributed by atoms with E-state index in [4.69, 9.17) is 4.42 Å². The second-order valence-corrected chi connectivity index (χ2v) is 7.90. The summed E-state index contributed by atoms with van der Waals surface area (Å²) in [5.74, 6) is 0.912. The summed E-state index contributed by atoms with van der Waals surface area (Å²) in [4.78, 5) is 20.0. The van der Waals surface area contributed by atoms with Crippen LogP contribution in [0, 0.1) is 0 Å². The maximum absolute atomic E-state index is 12.5. The molecule has 0 amide bonds. The summed E-state index contributed by atoms with van der Waals surface area (Å²) in [6.07, 6.45) is 1.52. The van der Waals surface area contributed by atoms with Crippen molar-refractivity contribution < 1.29 is 4.42 Å². The maximum Gasteiger partial charge on any atom is 0.262 e. The van der Waals surface area contributed by atoms with Gasteiger partial charge in [0.1, 0.15) is 5.39 Å². The third-order valence-corrected chi connectivity index (χ3v) is 5.49. The Bertz CT molecular complexity index is 1360. The number of rotatable bonds is 5. The molecule has 0 saturated carbocycles. The van der Waals surface area contributed by atoms with Gasteiger partial charge < -0.3 is 9.40 Å². The predicted octanol–water partition coefficient (Wildman–Crippen LogP) is 4.01. The molecule has 0 saturated heterocycles. The number of para-hydroxylation sites is 1. The molecule has 3 aromatic heterocycles. The van der Waals surface area contributed by atoms with Gasteiger partial charge >= 0.3 is 0 Å². The fourth-order valence-corrected chi connectivity index (χ4v) is 3.85. The van der Waals surface area contributed by atoms with Crippen LogP contribution in [0.25, 0.3) is 28.2 Å². The second kappa shape index (κ2) is 7.60. The Labute approximate surface area is 175 Å². The number of nitrogens with zero attached hydrogens (tertiary/aromatic N) is 5. The van der Waals surface area contributed by atoms with E-state index in [1.165, 1.54) is 18.0 Å². The highest BCUT2D eigenvalue weighted by Crippen LogP contribution is 2.33. The molecule has 8 nitrogen and oxygen atoms in total. The highest BCUT2D eigenvalue weighted by Gasteiger charge is 2.19. The molecule has 0 spiro atoms. The van der Waals surface area contributed by atoms with Crippen molar-refractivity contribution >= 4 is 22.8 Å². The number of thioether (sulfide) groups is 1. The Kier molecular flexibility index (Phi) is 4.64. The van der Waals surface area contributed by atoms with Gasteiger partial charge in [-0.25, -0.2) is 9.67 Å². The zero-order chi connectivity index (χ0) is 20.5. The van der Waals surface area contributed by atoms with Crippen LogP contribution in [0.2, 0.25) is 0 Å². The molecule has 9 heteroatoms. The summed E-state index contributed by atoms with van der Waals surface area (Å²) >= 11 is 1.34. The number of hydrogen-bond acceptors (Lipinski definition) is 7. The van der Waals surface area contributed by atoms with E-state index in [2.05, 4.69) is 25.3 Å². The lowest BCUT2D eigenvalue weighted by molar-refractivity contribution is 0.509. The minimum absolute atomic E-state index is 0.205. The van der Waals surface area contributed by atoms with Crippen LogP contribution in [-0.4, -0.2) is 29.9 Å². The number of fused-ring (bicyclic) bond motifs is 1. The third kappa shape index (κ3) is 3.39. The summed E-state index contributed by atoms with van der Waals surface area (Å²) in [5, 5.41) is 13.3. The Morgan fingerprint density at radius 2 is 1.77 bits per heavy atom. The summed E-state index contributed by atoms with van der Waals surface area (Å²) in [6.45, 7) is 1.92. The molecule has 30 heavy (non-hydrogen) atoms. The van der Waals surface area contributed by atoms with Crippen LogP contribution in [0.3, 0.4) is 0 Å². The summed E-state index contributed by atoms with van der Waals surface area (Å²) in [5.41, 5.74) is 1.94. The van der Waals surface area contributed by atoms with Gasteiger partial charge in [0.25, 0.3) is 5.56 Å². The van der Waals surface area contributed by atoms with E-state index in [0.717, 1.165) is 11.3 Å². The molecule has 3 heterocycles. The van der Waals surface area contributed by atoms with E-state index in [0.29, 0.717) is 28.0 Å². The molecule has 0 aliphatic rings. The number of aromatic amines is 1. The molecular formula is C21H16N6O2S. The normalized spacial score (nSPS) is 12.3.